The first-order chi connectivity index (χ1) is 12.4. The summed E-state index contributed by atoms with van der Waals surface area (Å²) < 4.78 is 14.9. The topological polar surface area (TPSA) is 41.9 Å². The van der Waals surface area contributed by atoms with Crippen LogP contribution in [0.2, 0.25) is 15.1 Å². The number of nitrogens with one attached hydrogen (secondary N) is 2. The summed E-state index contributed by atoms with van der Waals surface area (Å²) in [6, 6.07) is 9.59. The molecule has 4 nitrogen and oxygen atoms in total. The van der Waals surface area contributed by atoms with Gasteiger partial charge >= 0.3 is 0 Å². The van der Waals surface area contributed by atoms with Gasteiger partial charge in [0, 0.05) is 27.5 Å². The largest absolute Gasteiger partial charge is 0.332 e. The quantitative estimate of drug-likeness (QED) is 0.511. The van der Waals surface area contributed by atoms with E-state index in [1.165, 1.54) is 18.2 Å². The van der Waals surface area contributed by atoms with E-state index in [1.807, 2.05) is 0 Å². The van der Waals surface area contributed by atoms with Crippen molar-refractivity contribution in [1.29, 1.82) is 0 Å². The van der Waals surface area contributed by atoms with E-state index in [9.17, 15) is 4.39 Å². The summed E-state index contributed by atoms with van der Waals surface area (Å²) in [5.41, 5.74) is 2.04. The number of anilines is 2. The molecule has 2 N–H and O–H groups in total. The average Bonchev–Trinajstić information content (AvgIpc) is 3.01. The summed E-state index contributed by atoms with van der Waals surface area (Å²) in [6.45, 7) is 0.425. The highest BCUT2D eigenvalue weighted by Gasteiger charge is 2.08. The van der Waals surface area contributed by atoms with Crippen LogP contribution >= 0.6 is 47.0 Å². The molecule has 26 heavy (non-hydrogen) atoms. The normalized spacial score (nSPS) is 10.6. The van der Waals surface area contributed by atoms with Crippen LogP contribution in [0.15, 0.2) is 48.8 Å². The molecule has 134 valence electrons. The second-order valence-corrected chi connectivity index (χ2v) is 6.96. The molecule has 1 aromatic heterocycles. The fourth-order valence-electron chi connectivity index (χ4n) is 2.23. The monoisotopic (exact) mass is 428 g/mol. The number of benzene rings is 2. The lowest BCUT2D eigenvalue weighted by atomic mass is 10.2. The van der Waals surface area contributed by atoms with Crippen molar-refractivity contribution in [2.75, 3.05) is 10.6 Å². The standard InChI is InChI=1S/C17H12Cl3FN4S/c18-13-2-1-3-14(19)12(13)9-25-8-11(7-22-25)24-17(26)23-10-4-5-16(21)15(20)6-10/h1-8H,9H2,(H2,23,24,26). The van der Waals surface area contributed by atoms with Crippen molar-refractivity contribution in [2.24, 2.45) is 0 Å². The Balaban J connectivity index is 1.64. The van der Waals surface area contributed by atoms with Gasteiger partial charge in [-0.2, -0.15) is 5.10 Å². The van der Waals surface area contributed by atoms with Crippen molar-refractivity contribution in [2.45, 2.75) is 6.54 Å². The van der Waals surface area contributed by atoms with Crippen LogP contribution in [-0.2, 0) is 6.54 Å². The minimum absolute atomic E-state index is 0.0160. The second-order valence-electron chi connectivity index (χ2n) is 5.33. The predicted octanol–water partition coefficient (Wildman–Crippen LogP) is 5.84. The third kappa shape index (κ3) is 4.65. The molecule has 3 aromatic rings. The summed E-state index contributed by atoms with van der Waals surface area (Å²) in [5, 5.41) is 11.7. The average molecular weight is 430 g/mol. The van der Waals surface area contributed by atoms with Crippen molar-refractivity contribution in [3.8, 4) is 0 Å². The third-order valence-corrected chi connectivity index (χ3v) is 4.65. The maximum atomic E-state index is 13.2. The Hall–Kier alpha value is -1.86. The molecule has 0 aliphatic carbocycles. The lowest BCUT2D eigenvalue weighted by molar-refractivity contribution is 0.628. The smallest absolute Gasteiger partial charge is 0.175 e. The minimum atomic E-state index is -0.490. The molecule has 0 aliphatic rings. The number of halogens is 4. The van der Waals surface area contributed by atoms with Gasteiger partial charge in [-0.05, 0) is 42.5 Å². The maximum absolute atomic E-state index is 13.2. The molecule has 9 heteroatoms. The van der Waals surface area contributed by atoms with Gasteiger partial charge in [0.1, 0.15) is 5.82 Å². The summed E-state index contributed by atoms with van der Waals surface area (Å²) in [6.07, 6.45) is 3.39. The van der Waals surface area contributed by atoms with Crippen LogP contribution in [0, 0.1) is 5.82 Å². The molecule has 2 aromatic carbocycles. The van der Waals surface area contributed by atoms with Crippen LogP contribution in [0.1, 0.15) is 5.56 Å². The van der Waals surface area contributed by atoms with Gasteiger partial charge < -0.3 is 10.6 Å². The van der Waals surface area contributed by atoms with Gasteiger partial charge in [0.15, 0.2) is 5.11 Å². The van der Waals surface area contributed by atoms with Crippen molar-refractivity contribution in [3.05, 3.63) is 75.2 Å². The molecule has 3 rings (SSSR count). The van der Waals surface area contributed by atoms with Crippen LogP contribution in [0.5, 0.6) is 0 Å². The van der Waals surface area contributed by atoms with Gasteiger partial charge in [-0.1, -0.05) is 40.9 Å². The van der Waals surface area contributed by atoms with Crippen molar-refractivity contribution >= 4 is 63.5 Å². The summed E-state index contributed by atoms with van der Waals surface area (Å²) in [5.74, 6) is -0.490. The number of rotatable bonds is 4. The van der Waals surface area contributed by atoms with Crippen LogP contribution in [0.25, 0.3) is 0 Å². The van der Waals surface area contributed by atoms with E-state index >= 15 is 0 Å². The summed E-state index contributed by atoms with van der Waals surface area (Å²) in [4.78, 5) is 0. The lowest BCUT2D eigenvalue weighted by Gasteiger charge is -2.09. The third-order valence-electron chi connectivity index (χ3n) is 3.45. The first-order valence-electron chi connectivity index (χ1n) is 7.41. The van der Waals surface area contributed by atoms with E-state index in [4.69, 9.17) is 47.0 Å². The van der Waals surface area contributed by atoms with E-state index in [1.54, 1.807) is 35.3 Å². The van der Waals surface area contributed by atoms with Gasteiger partial charge in [0.25, 0.3) is 0 Å². The van der Waals surface area contributed by atoms with E-state index < -0.39 is 5.82 Å². The van der Waals surface area contributed by atoms with E-state index in [-0.39, 0.29) is 5.02 Å². The fraction of sp³-hybridized carbons (Fsp3) is 0.0588. The Morgan fingerprint density at radius 2 is 1.73 bits per heavy atom. The van der Waals surface area contributed by atoms with Crippen molar-refractivity contribution in [3.63, 3.8) is 0 Å². The highest BCUT2D eigenvalue weighted by molar-refractivity contribution is 7.80. The first-order valence-corrected chi connectivity index (χ1v) is 8.95. The Kier molecular flexibility index (Phi) is 5.98. The molecule has 0 fully saturated rings. The molecule has 0 unspecified atom stereocenters. The Labute approximate surface area is 169 Å². The SMILES string of the molecule is Fc1ccc(NC(=S)Nc2cnn(Cc3c(Cl)cccc3Cl)c2)cc1Cl. The molecule has 1 heterocycles. The molecule has 0 saturated carbocycles. The first kappa shape index (κ1) is 18.9. The van der Waals surface area contributed by atoms with Crippen LogP contribution in [-0.4, -0.2) is 14.9 Å². The molecule has 0 amide bonds. The highest BCUT2D eigenvalue weighted by atomic mass is 35.5. The number of hydrogen-bond acceptors (Lipinski definition) is 2. The molecular formula is C17H12Cl3FN4S. The maximum Gasteiger partial charge on any atom is 0.175 e. The van der Waals surface area contributed by atoms with Gasteiger partial charge in [0.05, 0.1) is 23.5 Å². The molecule has 0 atom stereocenters. The highest BCUT2D eigenvalue weighted by Crippen LogP contribution is 2.25. The van der Waals surface area contributed by atoms with E-state index in [0.717, 1.165) is 5.56 Å². The number of nitrogens with zero attached hydrogens (tertiary/aromatic N) is 2. The summed E-state index contributed by atoms with van der Waals surface area (Å²) >= 11 is 23.3. The Morgan fingerprint density at radius 3 is 2.42 bits per heavy atom. The zero-order valence-corrected chi connectivity index (χ0v) is 16.2. The lowest BCUT2D eigenvalue weighted by Crippen LogP contribution is -2.18. The van der Waals surface area contributed by atoms with Gasteiger partial charge in [-0.25, -0.2) is 4.39 Å². The van der Waals surface area contributed by atoms with Crippen molar-refractivity contribution < 1.29 is 4.39 Å². The molecule has 0 bridgehead atoms. The van der Waals surface area contributed by atoms with E-state index in [0.29, 0.717) is 33.1 Å². The van der Waals surface area contributed by atoms with Gasteiger partial charge in [0.2, 0.25) is 0 Å². The second kappa shape index (κ2) is 8.22. The Morgan fingerprint density at radius 1 is 1.04 bits per heavy atom. The fourth-order valence-corrected chi connectivity index (χ4v) is 3.16. The molecule has 0 radical (unpaired) electrons. The van der Waals surface area contributed by atoms with Gasteiger partial charge in [-0.15, -0.1) is 0 Å². The Bertz CT molecular complexity index is 941. The van der Waals surface area contributed by atoms with Gasteiger partial charge in [-0.3, -0.25) is 4.68 Å². The zero-order valence-electron chi connectivity index (χ0n) is 13.1. The number of hydrogen-bond donors (Lipinski definition) is 2. The molecular weight excluding hydrogens is 418 g/mol. The van der Waals surface area contributed by atoms with Crippen LogP contribution in [0.4, 0.5) is 15.8 Å². The molecule has 0 aliphatic heterocycles. The summed E-state index contributed by atoms with van der Waals surface area (Å²) in [7, 11) is 0. The number of thiocarbonyl (C=S) groups is 1. The van der Waals surface area contributed by atoms with Crippen molar-refractivity contribution in [1.82, 2.24) is 9.78 Å². The van der Waals surface area contributed by atoms with Crippen LogP contribution < -0.4 is 10.6 Å². The molecule has 0 spiro atoms. The van der Waals surface area contributed by atoms with Crippen LogP contribution in [0.3, 0.4) is 0 Å². The molecule has 0 saturated heterocycles. The predicted molar refractivity (Wildman–Crippen MR) is 109 cm³/mol. The zero-order chi connectivity index (χ0) is 18.7. The van der Waals surface area contributed by atoms with E-state index in [2.05, 4.69) is 15.7 Å². The number of aromatic nitrogens is 2. The minimum Gasteiger partial charge on any atom is -0.332 e.